The summed E-state index contributed by atoms with van der Waals surface area (Å²) in [4.78, 5) is 28.3. The highest BCUT2D eigenvalue weighted by Crippen LogP contribution is 2.24. The Morgan fingerprint density at radius 3 is 2.47 bits per heavy atom. The van der Waals surface area contributed by atoms with Crippen LogP contribution in [0.1, 0.15) is 16.2 Å². The molecule has 156 valence electrons. The van der Waals surface area contributed by atoms with Crippen LogP contribution in [0, 0.1) is 6.92 Å². The van der Waals surface area contributed by atoms with Gasteiger partial charge in [-0.3, -0.25) is 9.59 Å². The first-order valence-electron chi connectivity index (χ1n) is 9.22. The Kier molecular flexibility index (Phi) is 6.05. The molecule has 1 aliphatic heterocycles. The number of benzene rings is 1. The third kappa shape index (κ3) is 4.65. The van der Waals surface area contributed by atoms with Crippen LogP contribution in [0.4, 0.5) is 0 Å². The van der Waals surface area contributed by atoms with Crippen molar-refractivity contribution in [1.82, 2.24) is 25.2 Å². The molecule has 3 aromatic rings. The van der Waals surface area contributed by atoms with E-state index >= 15 is 0 Å². The summed E-state index contributed by atoms with van der Waals surface area (Å²) in [7, 11) is 0. The third-order valence-electron chi connectivity index (χ3n) is 4.58. The van der Waals surface area contributed by atoms with E-state index in [2.05, 4.69) is 15.4 Å². The highest BCUT2D eigenvalue weighted by atomic mass is 35.5. The van der Waals surface area contributed by atoms with E-state index < -0.39 is 0 Å². The lowest BCUT2D eigenvalue weighted by Crippen LogP contribution is -2.51. The number of thioether (sulfide) groups is 1. The number of carbonyl (C=O) groups is 2. The van der Waals surface area contributed by atoms with Gasteiger partial charge in [0.05, 0.1) is 11.4 Å². The first kappa shape index (κ1) is 20.4. The standard InChI is InChI=1S/C19H18ClN5O4S/c1-12-10-15(29-23-12)18(27)25-8-6-24(7-9-25)16(26)11-30-19-22-21-17(28-19)13-2-4-14(20)5-3-13/h2-5,10H,6-9,11H2,1H3. The minimum atomic E-state index is -0.210. The second-order valence-corrected chi connectivity index (χ2v) is 8.04. The summed E-state index contributed by atoms with van der Waals surface area (Å²) >= 11 is 7.07. The van der Waals surface area contributed by atoms with Crippen LogP contribution in [-0.2, 0) is 4.79 Å². The molecule has 9 nitrogen and oxygen atoms in total. The highest BCUT2D eigenvalue weighted by molar-refractivity contribution is 7.99. The Morgan fingerprint density at radius 1 is 1.10 bits per heavy atom. The first-order chi connectivity index (χ1) is 14.5. The molecule has 0 saturated carbocycles. The zero-order valence-corrected chi connectivity index (χ0v) is 17.6. The topological polar surface area (TPSA) is 106 Å². The van der Waals surface area contributed by atoms with Crippen molar-refractivity contribution >= 4 is 35.2 Å². The summed E-state index contributed by atoms with van der Waals surface area (Å²) in [5.74, 6) is 0.510. The van der Waals surface area contributed by atoms with Gasteiger partial charge in [0, 0.05) is 42.8 Å². The number of piperazine rings is 1. The predicted octanol–water partition coefficient (Wildman–Crippen LogP) is 2.76. The van der Waals surface area contributed by atoms with Crippen molar-refractivity contribution < 1.29 is 18.5 Å². The lowest BCUT2D eigenvalue weighted by Gasteiger charge is -2.34. The van der Waals surface area contributed by atoms with E-state index in [0.29, 0.717) is 48.0 Å². The lowest BCUT2D eigenvalue weighted by atomic mass is 10.2. The molecule has 1 saturated heterocycles. The van der Waals surface area contributed by atoms with E-state index in [4.69, 9.17) is 20.5 Å². The van der Waals surface area contributed by atoms with Gasteiger partial charge in [-0.05, 0) is 31.2 Å². The molecule has 0 N–H and O–H groups in total. The molecule has 0 radical (unpaired) electrons. The third-order valence-corrected chi connectivity index (χ3v) is 5.63. The number of nitrogens with zero attached hydrogens (tertiary/aromatic N) is 5. The predicted molar refractivity (Wildman–Crippen MR) is 109 cm³/mol. The fourth-order valence-corrected chi connectivity index (χ4v) is 3.76. The number of rotatable bonds is 5. The van der Waals surface area contributed by atoms with Gasteiger partial charge in [-0.1, -0.05) is 28.5 Å². The summed E-state index contributed by atoms with van der Waals surface area (Å²) in [5.41, 5.74) is 1.41. The molecule has 2 amide bonds. The molecule has 0 bridgehead atoms. The monoisotopic (exact) mass is 447 g/mol. The van der Waals surface area contributed by atoms with Crippen LogP contribution in [0.5, 0.6) is 0 Å². The van der Waals surface area contributed by atoms with Gasteiger partial charge in [-0.25, -0.2) is 0 Å². The number of hydrogen-bond donors (Lipinski definition) is 0. The molecule has 0 atom stereocenters. The van der Waals surface area contributed by atoms with Crippen LogP contribution in [0.25, 0.3) is 11.5 Å². The molecule has 1 fully saturated rings. The molecule has 0 unspecified atom stereocenters. The van der Waals surface area contributed by atoms with E-state index in [1.807, 2.05) is 0 Å². The van der Waals surface area contributed by atoms with Crippen LogP contribution >= 0.6 is 23.4 Å². The maximum absolute atomic E-state index is 12.5. The van der Waals surface area contributed by atoms with Gasteiger partial charge in [0.2, 0.25) is 17.6 Å². The van der Waals surface area contributed by atoms with E-state index in [-0.39, 0.29) is 23.3 Å². The van der Waals surface area contributed by atoms with Gasteiger partial charge in [0.15, 0.2) is 0 Å². The first-order valence-corrected chi connectivity index (χ1v) is 10.6. The number of aromatic nitrogens is 3. The summed E-state index contributed by atoms with van der Waals surface area (Å²) in [6, 6.07) is 8.67. The van der Waals surface area contributed by atoms with Crippen LogP contribution in [0.15, 0.2) is 44.5 Å². The van der Waals surface area contributed by atoms with Gasteiger partial charge in [0.1, 0.15) is 0 Å². The molecular weight excluding hydrogens is 430 g/mol. The molecule has 30 heavy (non-hydrogen) atoms. The normalized spacial score (nSPS) is 14.2. The van der Waals surface area contributed by atoms with Gasteiger partial charge >= 0.3 is 0 Å². The Hall–Kier alpha value is -2.85. The van der Waals surface area contributed by atoms with Gasteiger partial charge < -0.3 is 18.7 Å². The lowest BCUT2D eigenvalue weighted by molar-refractivity contribution is -0.129. The molecule has 11 heteroatoms. The van der Waals surface area contributed by atoms with Crippen molar-refractivity contribution in [1.29, 1.82) is 0 Å². The van der Waals surface area contributed by atoms with E-state index in [1.165, 1.54) is 11.8 Å². The van der Waals surface area contributed by atoms with E-state index in [1.54, 1.807) is 47.1 Å². The van der Waals surface area contributed by atoms with Crippen LogP contribution in [-0.4, -0.2) is 68.9 Å². The number of carbonyl (C=O) groups excluding carboxylic acids is 2. The number of amides is 2. The number of aryl methyl sites for hydroxylation is 1. The maximum Gasteiger partial charge on any atom is 0.292 e. The smallest absolute Gasteiger partial charge is 0.292 e. The molecule has 4 rings (SSSR count). The zero-order chi connectivity index (χ0) is 21.1. The van der Waals surface area contributed by atoms with Gasteiger partial charge in [0.25, 0.3) is 11.1 Å². The van der Waals surface area contributed by atoms with E-state index in [9.17, 15) is 9.59 Å². The minimum absolute atomic E-state index is 0.0474. The molecule has 1 aromatic carbocycles. The maximum atomic E-state index is 12.5. The van der Waals surface area contributed by atoms with Crippen LogP contribution in [0.3, 0.4) is 0 Å². The van der Waals surface area contributed by atoms with Crippen molar-refractivity contribution in [3.8, 4) is 11.5 Å². The molecule has 3 heterocycles. The Balaban J connectivity index is 1.26. The number of halogens is 1. The van der Waals surface area contributed by atoms with Crippen LogP contribution < -0.4 is 0 Å². The Bertz CT molecular complexity index is 1040. The molecule has 2 aromatic heterocycles. The Morgan fingerprint density at radius 2 is 1.80 bits per heavy atom. The second kappa shape index (κ2) is 8.88. The average Bonchev–Trinajstić information content (AvgIpc) is 3.41. The Labute approximate surface area is 181 Å². The fourth-order valence-electron chi connectivity index (χ4n) is 2.97. The second-order valence-electron chi connectivity index (χ2n) is 6.67. The average molecular weight is 448 g/mol. The molecule has 0 aliphatic carbocycles. The summed E-state index contributed by atoms with van der Waals surface area (Å²) < 4.78 is 10.6. The quantitative estimate of drug-likeness (QED) is 0.549. The highest BCUT2D eigenvalue weighted by Gasteiger charge is 2.27. The van der Waals surface area contributed by atoms with Crippen molar-refractivity contribution in [3.63, 3.8) is 0 Å². The largest absolute Gasteiger partial charge is 0.411 e. The molecule has 0 spiro atoms. The fraction of sp³-hybridized carbons (Fsp3) is 0.316. The van der Waals surface area contributed by atoms with Gasteiger partial charge in [-0.15, -0.1) is 10.2 Å². The van der Waals surface area contributed by atoms with E-state index in [0.717, 1.165) is 5.56 Å². The van der Waals surface area contributed by atoms with Crippen molar-refractivity contribution in [2.24, 2.45) is 0 Å². The van der Waals surface area contributed by atoms with Crippen molar-refractivity contribution in [2.75, 3.05) is 31.9 Å². The summed E-state index contributed by atoms with van der Waals surface area (Å²) in [5, 5.41) is 12.7. The molecular formula is C19H18ClN5O4S. The zero-order valence-electron chi connectivity index (χ0n) is 16.1. The minimum Gasteiger partial charge on any atom is -0.411 e. The molecule has 1 aliphatic rings. The van der Waals surface area contributed by atoms with Crippen molar-refractivity contribution in [2.45, 2.75) is 12.1 Å². The van der Waals surface area contributed by atoms with Crippen molar-refractivity contribution in [3.05, 3.63) is 46.8 Å². The van der Waals surface area contributed by atoms with Gasteiger partial charge in [-0.2, -0.15) is 0 Å². The SMILES string of the molecule is Cc1cc(C(=O)N2CCN(C(=O)CSc3nnc(-c4ccc(Cl)cc4)o3)CC2)on1. The summed E-state index contributed by atoms with van der Waals surface area (Å²) in [6.45, 7) is 3.55. The number of hydrogen-bond acceptors (Lipinski definition) is 8. The summed E-state index contributed by atoms with van der Waals surface area (Å²) in [6.07, 6.45) is 0. The van der Waals surface area contributed by atoms with Crippen LogP contribution in [0.2, 0.25) is 5.02 Å².